The molecule has 21 heavy (non-hydrogen) atoms. The van der Waals surface area contributed by atoms with Gasteiger partial charge in [0.2, 0.25) is 0 Å². The number of imidazole rings is 1. The summed E-state index contributed by atoms with van der Waals surface area (Å²) >= 11 is 7.45. The van der Waals surface area contributed by atoms with Crippen molar-refractivity contribution in [2.45, 2.75) is 5.16 Å². The highest BCUT2D eigenvalue weighted by Gasteiger charge is 2.15. The zero-order chi connectivity index (χ0) is 14.8. The van der Waals surface area contributed by atoms with Gasteiger partial charge >= 0.3 is 5.97 Å². The first-order valence-corrected chi connectivity index (χ1v) is 7.60. The van der Waals surface area contributed by atoms with E-state index in [1.165, 1.54) is 11.8 Å². The van der Waals surface area contributed by atoms with E-state index in [4.69, 9.17) is 16.7 Å². The van der Waals surface area contributed by atoms with Crippen LogP contribution in [0.4, 0.5) is 0 Å². The molecule has 0 saturated carbocycles. The summed E-state index contributed by atoms with van der Waals surface area (Å²) in [7, 11) is 0. The quantitative estimate of drug-likeness (QED) is 0.742. The minimum absolute atomic E-state index is 0.0478. The predicted octanol–water partition coefficient (Wildman–Crippen LogP) is 3.86. The van der Waals surface area contributed by atoms with Crippen LogP contribution < -0.4 is 0 Å². The topological polar surface area (TPSA) is 55.1 Å². The van der Waals surface area contributed by atoms with Crippen molar-refractivity contribution >= 4 is 40.4 Å². The lowest BCUT2D eigenvalue weighted by atomic mass is 10.3. The van der Waals surface area contributed by atoms with Crippen molar-refractivity contribution in [2.75, 3.05) is 5.75 Å². The Balaban J connectivity index is 2.20. The maximum Gasteiger partial charge on any atom is 0.313 e. The highest BCUT2D eigenvalue weighted by molar-refractivity contribution is 7.99. The van der Waals surface area contributed by atoms with Gasteiger partial charge in [0.25, 0.3) is 0 Å². The molecule has 0 radical (unpaired) electrons. The smallest absolute Gasteiger partial charge is 0.313 e. The average Bonchev–Trinajstić information content (AvgIpc) is 2.84. The first kappa shape index (κ1) is 14.0. The number of aromatic nitrogens is 2. The number of aliphatic carboxylic acids is 1. The molecular weight excluding hydrogens is 308 g/mol. The van der Waals surface area contributed by atoms with Gasteiger partial charge in [-0.05, 0) is 24.3 Å². The molecule has 0 spiro atoms. The summed E-state index contributed by atoms with van der Waals surface area (Å²) in [4.78, 5) is 15.3. The van der Waals surface area contributed by atoms with Crippen molar-refractivity contribution in [2.24, 2.45) is 0 Å². The van der Waals surface area contributed by atoms with Gasteiger partial charge in [-0.25, -0.2) is 4.98 Å². The summed E-state index contributed by atoms with van der Waals surface area (Å²) in [6, 6.07) is 15.1. The van der Waals surface area contributed by atoms with Gasteiger partial charge in [-0.15, -0.1) is 0 Å². The lowest BCUT2D eigenvalue weighted by molar-refractivity contribution is -0.133. The van der Waals surface area contributed by atoms with Crippen LogP contribution in [0.5, 0.6) is 0 Å². The van der Waals surface area contributed by atoms with E-state index in [0.29, 0.717) is 10.2 Å². The number of rotatable bonds is 4. The van der Waals surface area contributed by atoms with Crippen LogP contribution in [0, 0.1) is 0 Å². The molecule has 2 aromatic carbocycles. The summed E-state index contributed by atoms with van der Waals surface area (Å²) in [6.45, 7) is 0. The normalized spacial score (nSPS) is 10.9. The molecule has 0 aliphatic rings. The number of nitrogens with zero attached hydrogens (tertiary/aromatic N) is 2. The lowest BCUT2D eigenvalue weighted by Gasteiger charge is -2.10. The van der Waals surface area contributed by atoms with Gasteiger partial charge < -0.3 is 5.11 Å². The molecule has 0 atom stereocenters. The first-order valence-electron chi connectivity index (χ1n) is 6.24. The van der Waals surface area contributed by atoms with Crippen LogP contribution in [0.1, 0.15) is 0 Å². The molecular formula is C15H11ClN2O2S. The monoisotopic (exact) mass is 318 g/mol. The Morgan fingerprint density at radius 3 is 2.67 bits per heavy atom. The van der Waals surface area contributed by atoms with Gasteiger partial charge in [0.15, 0.2) is 5.16 Å². The Morgan fingerprint density at radius 1 is 1.19 bits per heavy atom. The molecule has 4 nitrogen and oxygen atoms in total. The molecule has 0 unspecified atom stereocenters. The number of thioether (sulfide) groups is 1. The Labute approximate surface area is 130 Å². The minimum atomic E-state index is -0.877. The van der Waals surface area contributed by atoms with Gasteiger partial charge in [0.05, 0.1) is 27.5 Å². The molecule has 3 aromatic rings. The van der Waals surface area contributed by atoms with E-state index >= 15 is 0 Å². The number of fused-ring (bicyclic) bond motifs is 1. The number of halogens is 1. The molecule has 0 fully saturated rings. The number of benzene rings is 2. The third kappa shape index (κ3) is 2.75. The van der Waals surface area contributed by atoms with Gasteiger partial charge in [-0.2, -0.15) is 0 Å². The lowest BCUT2D eigenvalue weighted by Crippen LogP contribution is -2.02. The standard InChI is InChI=1S/C15H11ClN2O2S/c16-10-5-1-3-7-12(10)18-13-8-4-2-6-11(13)17-15(18)21-9-14(19)20/h1-8H,9H2,(H,19,20). The van der Waals surface area contributed by atoms with Gasteiger partial charge in [-0.3, -0.25) is 9.36 Å². The highest BCUT2D eigenvalue weighted by Crippen LogP contribution is 2.31. The van der Waals surface area contributed by atoms with E-state index < -0.39 is 5.97 Å². The zero-order valence-electron chi connectivity index (χ0n) is 10.9. The molecule has 0 bridgehead atoms. The van der Waals surface area contributed by atoms with E-state index in [-0.39, 0.29) is 5.75 Å². The summed E-state index contributed by atoms with van der Waals surface area (Å²) in [6.07, 6.45) is 0. The van der Waals surface area contributed by atoms with E-state index in [9.17, 15) is 4.79 Å². The number of carboxylic acid groups (broad SMARTS) is 1. The van der Waals surface area contributed by atoms with Crippen LogP contribution in [0.25, 0.3) is 16.7 Å². The van der Waals surface area contributed by atoms with Crippen molar-refractivity contribution in [3.8, 4) is 5.69 Å². The Morgan fingerprint density at radius 2 is 1.90 bits per heavy atom. The van der Waals surface area contributed by atoms with Crippen LogP contribution in [0.3, 0.4) is 0 Å². The minimum Gasteiger partial charge on any atom is -0.481 e. The fourth-order valence-electron chi connectivity index (χ4n) is 2.09. The molecule has 106 valence electrons. The maximum atomic E-state index is 10.8. The number of hydrogen-bond acceptors (Lipinski definition) is 3. The van der Waals surface area contributed by atoms with Gasteiger partial charge in [-0.1, -0.05) is 47.6 Å². The van der Waals surface area contributed by atoms with Crippen LogP contribution in [0.15, 0.2) is 53.7 Å². The summed E-state index contributed by atoms with van der Waals surface area (Å²) in [5.41, 5.74) is 2.50. The SMILES string of the molecule is O=C(O)CSc1nc2ccccc2n1-c1ccccc1Cl. The molecule has 0 aliphatic heterocycles. The largest absolute Gasteiger partial charge is 0.481 e. The molecule has 0 amide bonds. The molecule has 3 rings (SSSR count). The van der Waals surface area contributed by atoms with Crippen molar-refractivity contribution in [3.63, 3.8) is 0 Å². The van der Waals surface area contributed by atoms with Crippen LogP contribution in [0.2, 0.25) is 5.02 Å². The second-order valence-corrected chi connectivity index (χ2v) is 5.70. The molecule has 1 heterocycles. The fourth-order valence-corrected chi connectivity index (χ4v) is 3.05. The van der Waals surface area contributed by atoms with E-state index in [2.05, 4.69) is 4.98 Å². The Bertz CT molecular complexity index is 816. The van der Waals surface area contributed by atoms with Gasteiger partial charge in [0.1, 0.15) is 0 Å². The summed E-state index contributed by atoms with van der Waals surface area (Å²) in [5, 5.41) is 10.1. The summed E-state index contributed by atoms with van der Waals surface area (Å²) < 4.78 is 1.89. The maximum absolute atomic E-state index is 10.8. The van der Waals surface area contributed by atoms with E-state index in [1.54, 1.807) is 6.07 Å². The average molecular weight is 319 g/mol. The van der Waals surface area contributed by atoms with E-state index in [1.807, 2.05) is 47.0 Å². The predicted molar refractivity (Wildman–Crippen MR) is 84.4 cm³/mol. The van der Waals surface area contributed by atoms with Crippen LogP contribution >= 0.6 is 23.4 Å². The zero-order valence-corrected chi connectivity index (χ0v) is 12.4. The van der Waals surface area contributed by atoms with Crippen molar-refractivity contribution in [1.82, 2.24) is 9.55 Å². The highest BCUT2D eigenvalue weighted by atomic mass is 35.5. The summed E-state index contributed by atoms with van der Waals surface area (Å²) in [5.74, 6) is -0.925. The van der Waals surface area contributed by atoms with Crippen molar-refractivity contribution < 1.29 is 9.90 Å². The number of para-hydroxylation sites is 3. The van der Waals surface area contributed by atoms with Crippen LogP contribution in [-0.2, 0) is 4.79 Å². The van der Waals surface area contributed by atoms with E-state index in [0.717, 1.165) is 16.7 Å². The second kappa shape index (κ2) is 5.79. The fraction of sp³-hybridized carbons (Fsp3) is 0.0667. The number of carbonyl (C=O) groups is 1. The number of hydrogen-bond donors (Lipinski definition) is 1. The molecule has 1 N–H and O–H groups in total. The Kier molecular flexibility index (Phi) is 3.86. The first-order chi connectivity index (χ1) is 10.2. The second-order valence-electron chi connectivity index (χ2n) is 4.35. The third-order valence-corrected chi connectivity index (χ3v) is 4.19. The van der Waals surface area contributed by atoms with Crippen molar-refractivity contribution in [1.29, 1.82) is 0 Å². The third-order valence-electron chi connectivity index (χ3n) is 2.95. The molecule has 0 aliphatic carbocycles. The Hall–Kier alpha value is -1.98. The molecule has 6 heteroatoms. The van der Waals surface area contributed by atoms with Crippen LogP contribution in [-0.4, -0.2) is 26.4 Å². The molecule has 1 aromatic heterocycles. The number of carboxylic acids is 1. The van der Waals surface area contributed by atoms with Gasteiger partial charge in [0, 0.05) is 0 Å². The molecule has 0 saturated heterocycles. The van der Waals surface area contributed by atoms with Crippen molar-refractivity contribution in [3.05, 3.63) is 53.6 Å².